The summed E-state index contributed by atoms with van der Waals surface area (Å²) in [6.45, 7) is 3.70. The van der Waals surface area contributed by atoms with Crippen molar-refractivity contribution >= 4 is 21.8 Å². The quantitative estimate of drug-likeness (QED) is 0.664. The third kappa shape index (κ3) is 5.29. The third-order valence-electron chi connectivity index (χ3n) is 2.56. The lowest BCUT2D eigenvalue weighted by Gasteiger charge is -2.18. The lowest BCUT2D eigenvalue weighted by Crippen LogP contribution is -2.49. The van der Waals surface area contributed by atoms with Crippen molar-refractivity contribution in [2.45, 2.75) is 32.4 Å². The zero-order chi connectivity index (χ0) is 14.6. The van der Waals surface area contributed by atoms with Crippen LogP contribution in [-0.2, 0) is 14.6 Å². The van der Waals surface area contributed by atoms with Crippen LogP contribution in [0.1, 0.15) is 20.3 Å². The van der Waals surface area contributed by atoms with E-state index in [0.717, 1.165) is 5.41 Å². The average molecular weight is 290 g/mol. The molecular weight excluding hydrogens is 272 g/mol. The van der Waals surface area contributed by atoms with Gasteiger partial charge in [-0.3, -0.25) is 0 Å². The summed E-state index contributed by atoms with van der Waals surface area (Å²) in [5.74, 6) is -1.19. The molecule has 108 valence electrons. The number of hydrogen-bond acceptors (Lipinski definition) is 4. The van der Waals surface area contributed by atoms with Crippen molar-refractivity contribution < 1.29 is 23.1 Å². The van der Waals surface area contributed by atoms with E-state index in [1.165, 1.54) is 6.08 Å². The fraction of sp³-hybridized carbons (Fsp3) is 0.636. The molecule has 1 aliphatic rings. The Hall–Kier alpha value is -1.57. The number of carboxylic acid groups (broad SMARTS) is 1. The summed E-state index contributed by atoms with van der Waals surface area (Å²) in [5, 5.41) is 14.7. The number of aliphatic carboxylic acids is 1. The van der Waals surface area contributed by atoms with E-state index in [4.69, 9.17) is 5.11 Å². The first kappa shape index (κ1) is 15.5. The van der Waals surface area contributed by atoms with E-state index in [0.29, 0.717) is 6.42 Å². The van der Waals surface area contributed by atoms with E-state index in [-0.39, 0.29) is 11.7 Å². The molecule has 0 fully saturated rings. The van der Waals surface area contributed by atoms with Gasteiger partial charge < -0.3 is 15.7 Å². The van der Waals surface area contributed by atoms with E-state index < -0.39 is 33.9 Å². The SMILES string of the molecule is CC(C)C[C@@H](NC(=O)NC1C=CS(=O)(=O)C1)C(=O)O. The van der Waals surface area contributed by atoms with E-state index >= 15 is 0 Å². The van der Waals surface area contributed by atoms with Crippen molar-refractivity contribution in [3.8, 4) is 0 Å². The molecule has 3 N–H and O–H groups in total. The molecule has 1 unspecified atom stereocenters. The van der Waals surface area contributed by atoms with Gasteiger partial charge in [-0.15, -0.1) is 0 Å². The third-order valence-corrected chi connectivity index (χ3v) is 3.95. The molecule has 0 aromatic heterocycles. The zero-order valence-corrected chi connectivity index (χ0v) is 11.6. The minimum atomic E-state index is -3.24. The molecule has 0 saturated carbocycles. The van der Waals surface area contributed by atoms with Crippen molar-refractivity contribution in [2.24, 2.45) is 5.92 Å². The maximum absolute atomic E-state index is 11.6. The molecular formula is C11H18N2O5S. The molecule has 1 rings (SSSR count). The second-order valence-corrected chi connectivity index (χ2v) is 6.83. The summed E-state index contributed by atoms with van der Waals surface area (Å²) < 4.78 is 22.3. The molecule has 2 amide bonds. The summed E-state index contributed by atoms with van der Waals surface area (Å²) in [6, 6.07) is -2.28. The van der Waals surface area contributed by atoms with Gasteiger partial charge in [-0.25, -0.2) is 18.0 Å². The van der Waals surface area contributed by atoms with Gasteiger partial charge >= 0.3 is 12.0 Å². The smallest absolute Gasteiger partial charge is 0.326 e. The number of amides is 2. The number of carbonyl (C=O) groups is 2. The van der Waals surface area contributed by atoms with E-state index in [9.17, 15) is 18.0 Å². The predicted molar refractivity (Wildman–Crippen MR) is 69.3 cm³/mol. The molecule has 1 heterocycles. The van der Waals surface area contributed by atoms with Crippen LogP contribution in [0.3, 0.4) is 0 Å². The second-order valence-electron chi connectivity index (χ2n) is 4.90. The summed E-state index contributed by atoms with van der Waals surface area (Å²) in [5.41, 5.74) is 0. The monoisotopic (exact) mass is 290 g/mol. The van der Waals surface area contributed by atoms with Gasteiger partial charge in [-0.05, 0) is 18.4 Å². The van der Waals surface area contributed by atoms with Crippen molar-refractivity contribution in [2.75, 3.05) is 5.75 Å². The van der Waals surface area contributed by atoms with Crippen LogP contribution >= 0.6 is 0 Å². The zero-order valence-electron chi connectivity index (χ0n) is 10.8. The summed E-state index contributed by atoms with van der Waals surface area (Å²) in [4.78, 5) is 22.6. The Bertz CT molecular complexity index is 483. The Morgan fingerprint density at radius 3 is 2.47 bits per heavy atom. The second kappa shape index (κ2) is 6.05. The van der Waals surface area contributed by atoms with Gasteiger partial charge in [0.1, 0.15) is 6.04 Å². The highest BCUT2D eigenvalue weighted by Gasteiger charge is 2.25. The van der Waals surface area contributed by atoms with Crippen molar-refractivity contribution in [3.63, 3.8) is 0 Å². The number of carbonyl (C=O) groups excluding carboxylic acids is 1. The lowest BCUT2D eigenvalue weighted by atomic mass is 10.0. The number of sulfone groups is 1. The Balaban J connectivity index is 2.50. The number of rotatable bonds is 5. The first-order valence-corrected chi connectivity index (χ1v) is 7.62. The van der Waals surface area contributed by atoms with Crippen LogP contribution in [0.5, 0.6) is 0 Å². The molecule has 0 bridgehead atoms. The Labute approximate surface area is 112 Å². The molecule has 8 heteroatoms. The number of carboxylic acids is 1. The predicted octanol–water partition coefficient (Wildman–Crippen LogP) is 0.0956. The molecule has 0 aromatic carbocycles. The summed E-state index contributed by atoms with van der Waals surface area (Å²) in [6.07, 6.45) is 1.68. The Morgan fingerprint density at radius 2 is 2.05 bits per heavy atom. The molecule has 19 heavy (non-hydrogen) atoms. The van der Waals surface area contributed by atoms with Crippen molar-refractivity contribution in [3.05, 3.63) is 11.5 Å². The highest BCUT2D eigenvalue weighted by atomic mass is 32.2. The van der Waals surface area contributed by atoms with Crippen LogP contribution < -0.4 is 10.6 Å². The van der Waals surface area contributed by atoms with Crippen molar-refractivity contribution in [1.82, 2.24) is 10.6 Å². The fourth-order valence-corrected chi connectivity index (χ4v) is 2.96. The number of nitrogens with one attached hydrogen (secondary N) is 2. The van der Waals surface area contributed by atoms with Gasteiger partial charge in [0.25, 0.3) is 0 Å². The van der Waals surface area contributed by atoms with Crippen LogP contribution in [0.2, 0.25) is 0 Å². The Morgan fingerprint density at radius 1 is 1.42 bits per heavy atom. The Kier molecular flexibility index (Phi) is 4.93. The summed E-state index contributed by atoms with van der Waals surface area (Å²) >= 11 is 0. The van der Waals surface area contributed by atoms with Gasteiger partial charge in [0.15, 0.2) is 9.84 Å². The highest BCUT2D eigenvalue weighted by molar-refractivity contribution is 7.94. The molecule has 0 aliphatic carbocycles. The van der Waals surface area contributed by atoms with E-state index in [2.05, 4.69) is 10.6 Å². The number of hydrogen-bond donors (Lipinski definition) is 3. The van der Waals surface area contributed by atoms with Gasteiger partial charge in [0.2, 0.25) is 0 Å². The van der Waals surface area contributed by atoms with Crippen LogP contribution in [-0.4, -0.2) is 43.4 Å². The van der Waals surface area contributed by atoms with Gasteiger partial charge in [0.05, 0.1) is 11.8 Å². The van der Waals surface area contributed by atoms with Crippen LogP contribution in [0.15, 0.2) is 11.5 Å². The molecule has 0 aromatic rings. The van der Waals surface area contributed by atoms with Crippen LogP contribution in [0, 0.1) is 5.92 Å². The lowest BCUT2D eigenvalue weighted by molar-refractivity contribution is -0.139. The topological polar surface area (TPSA) is 113 Å². The van der Waals surface area contributed by atoms with Crippen LogP contribution in [0.4, 0.5) is 4.79 Å². The standard InChI is InChI=1S/C11H18N2O5S/c1-7(2)5-9(10(14)15)13-11(16)12-8-3-4-19(17,18)6-8/h3-4,7-9H,5-6H2,1-2H3,(H,14,15)(H2,12,13,16)/t8?,9-/m1/s1. The maximum atomic E-state index is 11.6. The normalized spacial score (nSPS) is 22.2. The molecule has 0 saturated heterocycles. The fourth-order valence-electron chi connectivity index (χ4n) is 1.73. The minimum Gasteiger partial charge on any atom is -0.480 e. The van der Waals surface area contributed by atoms with Gasteiger partial charge in [0, 0.05) is 5.41 Å². The van der Waals surface area contributed by atoms with Crippen LogP contribution in [0.25, 0.3) is 0 Å². The molecule has 1 aliphatic heterocycles. The highest BCUT2D eigenvalue weighted by Crippen LogP contribution is 2.08. The molecule has 7 nitrogen and oxygen atoms in total. The summed E-state index contributed by atoms with van der Waals surface area (Å²) in [7, 11) is -3.24. The van der Waals surface area contributed by atoms with E-state index in [1.54, 1.807) is 0 Å². The first-order chi connectivity index (χ1) is 8.69. The number of urea groups is 1. The molecule has 2 atom stereocenters. The first-order valence-electron chi connectivity index (χ1n) is 5.90. The average Bonchev–Trinajstić information content (AvgIpc) is 2.56. The van der Waals surface area contributed by atoms with Gasteiger partial charge in [-0.2, -0.15) is 0 Å². The maximum Gasteiger partial charge on any atom is 0.326 e. The van der Waals surface area contributed by atoms with E-state index in [1.807, 2.05) is 13.8 Å². The minimum absolute atomic E-state index is 0.119. The van der Waals surface area contributed by atoms with Crippen molar-refractivity contribution in [1.29, 1.82) is 0 Å². The largest absolute Gasteiger partial charge is 0.480 e. The van der Waals surface area contributed by atoms with Gasteiger partial charge in [-0.1, -0.05) is 13.8 Å². The molecule has 0 spiro atoms. The molecule has 0 radical (unpaired) electrons.